The van der Waals surface area contributed by atoms with E-state index in [2.05, 4.69) is 119 Å². The van der Waals surface area contributed by atoms with Gasteiger partial charge in [0.05, 0.1) is 7.57 Å². The molecule has 0 amide bonds. The van der Waals surface area contributed by atoms with E-state index in [1.165, 1.54) is 255 Å². The molecule has 2 atom stereocenters. The molecule has 4 aromatic heterocycles. The van der Waals surface area contributed by atoms with Crippen LogP contribution in [-0.2, 0) is 12.8 Å². The molecule has 0 aliphatic rings. The second-order valence-corrected chi connectivity index (χ2v) is 25.9. The molecule has 0 aliphatic heterocycles. The molecule has 0 spiro atoms. The van der Waals surface area contributed by atoms with Crippen molar-refractivity contribution in [1.82, 2.24) is 0 Å². The van der Waals surface area contributed by atoms with Gasteiger partial charge >= 0.3 is 0 Å². The predicted molar refractivity (Wildman–Crippen MR) is 294 cm³/mol. The van der Waals surface area contributed by atoms with E-state index in [0.717, 1.165) is 11.8 Å². The van der Waals surface area contributed by atoms with Crippen LogP contribution in [0.15, 0.2) is 44.0 Å². The van der Waals surface area contributed by atoms with E-state index in [1.54, 1.807) is 11.1 Å². The van der Waals surface area contributed by atoms with Gasteiger partial charge in [-0.1, -0.05) is 233 Å². The number of hydrogen-bond acceptors (Lipinski definition) is 4. The van der Waals surface area contributed by atoms with Crippen LogP contribution in [0.25, 0.3) is 29.3 Å². The molecule has 0 saturated carbocycles. The fourth-order valence-corrected chi connectivity index (χ4v) is 15.1. The summed E-state index contributed by atoms with van der Waals surface area (Å²) in [6.07, 6.45) is 47.3. The lowest BCUT2D eigenvalue weighted by molar-refractivity contribution is 0.401. The number of unbranched alkanes of at least 4 members (excludes halogenated alkanes) is 24. The van der Waals surface area contributed by atoms with Crippen molar-refractivity contribution in [2.45, 2.75) is 246 Å². The summed E-state index contributed by atoms with van der Waals surface area (Å²) < 4.78 is 2.49. The van der Waals surface area contributed by atoms with Gasteiger partial charge in [-0.15, -0.1) is 45.3 Å². The molecule has 6 heteroatoms. The Morgan fingerprint density at radius 3 is 0.871 bits per heavy atom. The SMILES string of the molecule is CCCCCCCCCCC(CCCCCCCC)Cc1cc(-c2cc(CC(CCCCCCCC)CCCCCCCCCC)c(-c3ccc(Br)s3)s2)sc1-c1ccc(Br)s1. The van der Waals surface area contributed by atoms with Crippen molar-refractivity contribution in [2.75, 3.05) is 0 Å². The Kier molecular flexibility index (Phi) is 29.9. The first-order chi connectivity index (χ1) is 30.4. The quantitative estimate of drug-likeness (QED) is 0.0391. The molecule has 4 heterocycles. The molecule has 0 fully saturated rings. The molecular weight excluding hydrogens is 961 g/mol. The molecule has 0 aromatic carbocycles. The highest BCUT2D eigenvalue weighted by atomic mass is 79.9. The van der Waals surface area contributed by atoms with E-state index in [9.17, 15) is 0 Å². The Morgan fingerprint density at radius 2 is 0.613 bits per heavy atom. The van der Waals surface area contributed by atoms with Gasteiger partial charge in [-0.05, 0) is 104 Å². The topological polar surface area (TPSA) is 0 Å². The Bertz CT molecular complexity index is 1550. The summed E-state index contributed by atoms with van der Waals surface area (Å²) in [5.41, 5.74) is 3.22. The van der Waals surface area contributed by atoms with Gasteiger partial charge in [-0.3, -0.25) is 0 Å². The number of halogens is 2. The number of rotatable bonds is 39. The lowest BCUT2D eigenvalue weighted by Crippen LogP contribution is -2.05. The summed E-state index contributed by atoms with van der Waals surface area (Å²) in [6.45, 7) is 9.33. The van der Waals surface area contributed by atoms with E-state index in [-0.39, 0.29) is 0 Å². The van der Waals surface area contributed by atoms with E-state index in [0.29, 0.717) is 0 Å². The van der Waals surface area contributed by atoms with Crippen molar-refractivity contribution in [3.8, 4) is 29.3 Å². The highest BCUT2D eigenvalue weighted by Gasteiger charge is 2.23. The van der Waals surface area contributed by atoms with Crippen LogP contribution >= 0.6 is 77.2 Å². The van der Waals surface area contributed by atoms with Gasteiger partial charge in [0.25, 0.3) is 0 Å². The molecule has 0 N–H and O–H groups in total. The third kappa shape index (κ3) is 21.6. The van der Waals surface area contributed by atoms with Crippen LogP contribution in [0.2, 0.25) is 0 Å². The predicted octanol–water partition coefficient (Wildman–Crippen LogP) is 23.3. The van der Waals surface area contributed by atoms with Crippen LogP contribution in [0.3, 0.4) is 0 Å². The molecule has 0 bridgehead atoms. The Morgan fingerprint density at radius 1 is 0.339 bits per heavy atom. The van der Waals surface area contributed by atoms with Crippen LogP contribution in [0, 0.1) is 11.8 Å². The van der Waals surface area contributed by atoms with E-state index in [4.69, 9.17) is 0 Å². The summed E-state index contributed by atoms with van der Waals surface area (Å²) in [6, 6.07) is 14.6. The summed E-state index contributed by atoms with van der Waals surface area (Å²) in [7, 11) is 0. The molecule has 0 aliphatic carbocycles. The van der Waals surface area contributed by atoms with Gasteiger partial charge in [-0.2, -0.15) is 0 Å². The minimum absolute atomic E-state index is 0.780. The summed E-state index contributed by atoms with van der Waals surface area (Å²) in [5.74, 6) is 1.56. The van der Waals surface area contributed by atoms with Gasteiger partial charge in [0.2, 0.25) is 0 Å². The second-order valence-electron chi connectivity index (χ2n) is 18.9. The molecule has 350 valence electrons. The number of hydrogen-bond donors (Lipinski definition) is 0. The Hall–Kier alpha value is -0.240. The fourth-order valence-electron chi connectivity index (χ4n) is 9.57. The minimum atomic E-state index is 0.780. The second kappa shape index (κ2) is 34.1. The summed E-state index contributed by atoms with van der Waals surface area (Å²) >= 11 is 15.7. The molecule has 0 radical (unpaired) electrons. The van der Waals surface area contributed by atoms with Gasteiger partial charge in [0.1, 0.15) is 0 Å². The smallest absolute Gasteiger partial charge is 0.0705 e. The fraction of sp³-hybridized carbons (Fsp3) is 0.714. The van der Waals surface area contributed by atoms with Crippen molar-refractivity contribution in [3.63, 3.8) is 0 Å². The average molecular weight is 1050 g/mol. The zero-order valence-electron chi connectivity index (χ0n) is 40.0. The van der Waals surface area contributed by atoms with Crippen molar-refractivity contribution < 1.29 is 0 Å². The molecule has 62 heavy (non-hydrogen) atoms. The maximum atomic E-state index is 3.84. The van der Waals surface area contributed by atoms with Crippen LogP contribution in [-0.4, -0.2) is 0 Å². The van der Waals surface area contributed by atoms with Gasteiger partial charge < -0.3 is 0 Å². The third-order valence-electron chi connectivity index (χ3n) is 13.3. The Balaban J connectivity index is 1.57. The average Bonchev–Trinajstić information content (AvgIpc) is 4.09. The van der Waals surface area contributed by atoms with E-state index < -0.39 is 0 Å². The summed E-state index contributed by atoms with van der Waals surface area (Å²) in [4.78, 5) is 8.94. The maximum absolute atomic E-state index is 3.84. The van der Waals surface area contributed by atoms with Gasteiger partial charge in [0.15, 0.2) is 0 Å². The lowest BCUT2D eigenvalue weighted by Gasteiger charge is -2.17. The first-order valence-electron chi connectivity index (χ1n) is 26.2. The van der Waals surface area contributed by atoms with Gasteiger partial charge in [-0.25, -0.2) is 0 Å². The highest BCUT2D eigenvalue weighted by Crippen LogP contribution is 2.49. The van der Waals surface area contributed by atoms with Crippen molar-refractivity contribution >= 4 is 77.2 Å². The molecule has 2 unspecified atom stereocenters. The first kappa shape index (κ1) is 54.4. The molecule has 0 nitrogen and oxygen atoms in total. The van der Waals surface area contributed by atoms with Crippen molar-refractivity contribution in [2.24, 2.45) is 11.8 Å². The van der Waals surface area contributed by atoms with Gasteiger partial charge in [0, 0.05) is 29.3 Å². The maximum Gasteiger partial charge on any atom is 0.0705 e. The zero-order valence-corrected chi connectivity index (χ0v) is 46.5. The zero-order chi connectivity index (χ0) is 44.0. The molecular formula is C56H88Br2S4. The van der Waals surface area contributed by atoms with E-state index in [1.807, 2.05) is 22.7 Å². The van der Waals surface area contributed by atoms with Crippen LogP contribution in [0.5, 0.6) is 0 Å². The van der Waals surface area contributed by atoms with Crippen LogP contribution in [0.1, 0.15) is 244 Å². The molecule has 4 rings (SSSR count). The molecule has 4 aromatic rings. The third-order valence-corrected chi connectivity index (χ3v) is 19.5. The van der Waals surface area contributed by atoms with Crippen molar-refractivity contribution in [3.05, 3.63) is 55.1 Å². The van der Waals surface area contributed by atoms with Crippen LogP contribution in [0.4, 0.5) is 0 Å². The largest absolute Gasteiger partial charge is 0.133 e. The normalized spacial score (nSPS) is 12.8. The first-order valence-corrected chi connectivity index (χ1v) is 31.1. The monoisotopic (exact) mass is 1050 g/mol. The standard InChI is InChI=1S/C56H88Br2S4/c1-5-9-13-17-21-23-27-31-35-45(33-29-25-19-15-11-7-3)41-47-43-51(61-55(47)49-37-39-53(57)59-49)52-44-48(56(62-52)50-38-40-54(58)60-50)42-46(34-30-26-20-16-12-8-4)36-32-28-24-22-18-14-10-6-2/h37-40,43-46H,5-36,41-42H2,1-4H3. The van der Waals surface area contributed by atoms with Crippen molar-refractivity contribution in [1.29, 1.82) is 0 Å². The number of thiophene rings is 4. The highest BCUT2D eigenvalue weighted by molar-refractivity contribution is 9.11. The minimum Gasteiger partial charge on any atom is -0.133 e. The lowest BCUT2D eigenvalue weighted by atomic mass is 9.88. The van der Waals surface area contributed by atoms with E-state index >= 15 is 0 Å². The summed E-state index contributed by atoms with van der Waals surface area (Å²) in [5, 5.41) is 0. The van der Waals surface area contributed by atoms with Crippen LogP contribution < -0.4 is 0 Å². The Labute approximate surface area is 415 Å². The molecule has 0 saturated heterocycles.